The minimum Gasteiger partial charge on any atom is -0.490 e. The third kappa shape index (κ3) is 4.83. The van der Waals surface area contributed by atoms with E-state index in [1.165, 1.54) is 0 Å². The van der Waals surface area contributed by atoms with E-state index in [2.05, 4.69) is 43.7 Å². The van der Waals surface area contributed by atoms with Crippen molar-refractivity contribution in [3.05, 3.63) is 22.2 Å². The second-order valence-electron chi connectivity index (χ2n) is 5.58. The molecule has 0 atom stereocenters. The van der Waals surface area contributed by atoms with E-state index in [1.54, 1.807) is 4.68 Å². The number of nitrogens with one attached hydrogen (secondary N) is 1. The Kier molecular flexibility index (Phi) is 6.84. The summed E-state index contributed by atoms with van der Waals surface area (Å²) in [5.41, 5.74) is 1.05. The molecule has 0 amide bonds. The number of ether oxygens (including phenoxy) is 2. The lowest BCUT2D eigenvalue weighted by Crippen LogP contribution is -2.10. The first-order chi connectivity index (χ1) is 11.5. The highest BCUT2D eigenvalue weighted by Gasteiger charge is 2.14. The molecule has 0 radical (unpaired) electrons. The SMILES string of the molecule is CCCn1nnnc1NCc1cc(Br)c(OC(C)C)c(OCC)c1. The summed E-state index contributed by atoms with van der Waals surface area (Å²) < 4.78 is 14.2. The Labute approximate surface area is 150 Å². The Morgan fingerprint density at radius 1 is 1.29 bits per heavy atom. The summed E-state index contributed by atoms with van der Waals surface area (Å²) >= 11 is 3.58. The highest BCUT2D eigenvalue weighted by atomic mass is 79.9. The Balaban J connectivity index is 2.16. The van der Waals surface area contributed by atoms with Gasteiger partial charge >= 0.3 is 0 Å². The van der Waals surface area contributed by atoms with Crippen molar-refractivity contribution in [2.45, 2.75) is 53.3 Å². The average Bonchev–Trinajstić information content (AvgIpc) is 2.96. The van der Waals surface area contributed by atoms with Crippen LogP contribution in [0, 0.1) is 0 Å². The molecular formula is C16H24BrN5O2. The van der Waals surface area contributed by atoms with Gasteiger partial charge in [0.1, 0.15) is 0 Å². The molecular weight excluding hydrogens is 374 g/mol. The van der Waals surface area contributed by atoms with Gasteiger partial charge in [0.05, 0.1) is 17.2 Å². The fraction of sp³-hybridized carbons (Fsp3) is 0.562. The maximum absolute atomic E-state index is 5.86. The van der Waals surface area contributed by atoms with E-state index >= 15 is 0 Å². The van der Waals surface area contributed by atoms with Crippen LogP contribution in [-0.4, -0.2) is 32.9 Å². The van der Waals surface area contributed by atoms with Crippen LogP contribution >= 0.6 is 15.9 Å². The van der Waals surface area contributed by atoms with Crippen molar-refractivity contribution in [1.82, 2.24) is 20.2 Å². The zero-order chi connectivity index (χ0) is 17.5. The molecule has 0 fully saturated rings. The second-order valence-corrected chi connectivity index (χ2v) is 6.44. The molecule has 0 aliphatic carbocycles. The molecule has 2 aromatic rings. The predicted molar refractivity (Wildman–Crippen MR) is 96.5 cm³/mol. The number of aryl methyl sites for hydroxylation is 1. The number of hydrogen-bond acceptors (Lipinski definition) is 6. The van der Waals surface area contributed by atoms with Gasteiger partial charge in [-0.1, -0.05) is 12.0 Å². The van der Waals surface area contributed by atoms with Crippen molar-refractivity contribution in [2.75, 3.05) is 11.9 Å². The molecule has 1 heterocycles. The highest BCUT2D eigenvalue weighted by Crippen LogP contribution is 2.37. The van der Waals surface area contributed by atoms with E-state index in [4.69, 9.17) is 9.47 Å². The van der Waals surface area contributed by atoms with Gasteiger partial charge in [-0.3, -0.25) is 0 Å². The third-order valence-corrected chi connectivity index (χ3v) is 3.73. The van der Waals surface area contributed by atoms with Crippen molar-refractivity contribution in [1.29, 1.82) is 0 Å². The van der Waals surface area contributed by atoms with Crippen LogP contribution in [0.1, 0.15) is 39.7 Å². The quantitative estimate of drug-likeness (QED) is 0.695. The fourth-order valence-corrected chi connectivity index (χ4v) is 2.79. The van der Waals surface area contributed by atoms with Gasteiger partial charge in [-0.05, 0) is 71.2 Å². The van der Waals surface area contributed by atoms with Crippen LogP contribution in [0.3, 0.4) is 0 Å². The summed E-state index contributed by atoms with van der Waals surface area (Å²) in [5.74, 6) is 2.12. The number of tetrazole rings is 1. The molecule has 0 bridgehead atoms. The minimum absolute atomic E-state index is 0.0724. The van der Waals surface area contributed by atoms with E-state index in [0.29, 0.717) is 19.1 Å². The smallest absolute Gasteiger partial charge is 0.243 e. The van der Waals surface area contributed by atoms with Gasteiger partial charge in [0.25, 0.3) is 0 Å². The first kappa shape index (κ1) is 18.5. The van der Waals surface area contributed by atoms with E-state index in [0.717, 1.165) is 34.5 Å². The molecule has 0 saturated heterocycles. The summed E-state index contributed by atoms with van der Waals surface area (Å²) in [7, 11) is 0. The Bertz CT molecular complexity index is 660. The molecule has 0 unspecified atom stereocenters. The van der Waals surface area contributed by atoms with Crippen LogP contribution in [0.25, 0.3) is 0 Å². The van der Waals surface area contributed by atoms with Crippen LogP contribution in [0.4, 0.5) is 5.95 Å². The number of nitrogens with zero attached hydrogens (tertiary/aromatic N) is 4. The van der Waals surface area contributed by atoms with E-state index in [-0.39, 0.29) is 6.10 Å². The number of hydrogen-bond donors (Lipinski definition) is 1. The van der Waals surface area contributed by atoms with Gasteiger partial charge in [0, 0.05) is 13.1 Å². The zero-order valence-corrected chi connectivity index (χ0v) is 16.1. The van der Waals surface area contributed by atoms with Crippen LogP contribution in [0.5, 0.6) is 11.5 Å². The molecule has 0 spiro atoms. The van der Waals surface area contributed by atoms with Gasteiger partial charge in [-0.15, -0.1) is 0 Å². The fourth-order valence-electron chi connectivity index (χ4n) is 2.21. The zero-order valence-electron chi connectivity index (χ0n) is 14.5. The third-order valence-electron chi connectivity index (χ3n) is 3.14. The first-order valence-electron chi connectivity index (χ1n) is 8.17. The highest BCUT2D eigenvalue weighted by molar-refractivity contribution is 9.10. The molecule has 1 aromatic heterocycles. The van der Waals surface area contributed by atoms with Gasteiger partial charge in [-0.2, -0.15) is 0 Å². The lowest BCUT2D eigenvalue weighted by atomic mass is 10.2. The summed E-state index contributed by atoms with van der Waals surface area (Å²) in [6.45, 7) is 9.97. The Hall–Kier alpha value is -1.83. The largest absolute Gasteiger partial charge is 0.490 e. The monoisotopic (exact) mass is 397 g/mol. The molecule has 2 rings (SSSR count). The van der Waals surface area contributed by atoms with Crippen LogP contribution < -0.4 is 14.8 Å². The van der Waals surface area contributed by atoms with Gasteiger partial charge in [0.2, 0.25) is 5.95 Å². The molecule has 1 N–H and O–H groups in total. The molecule has 1 aromatic carbocycles. The maximum atomic E-state index is 5.86. The van der Waals surface area contributed by atoms with Crippen molar-refractivity contribution in [3.63, 3.8) is 0 Å². The Morgan fingerprint density at radius 3 is 2.75 bits per heavy atom. The van der Waals surface area contributed by atoms with Gasteiger partial charge in [0.15, 0.2) is 11.5 Å². The summed E-state index contributed by atoms with van der Waals surface area (Å²) in [6.07, 6.45) is 1.05. The molecule has 0 aliphatic heterocycles. The summed E-state index contributed by atoms with van der Waals surface area (Å²) in [6, 6.07) is 3.99. The molecule has 7 nitrogen and oxygen atoms in total. The normalized spacial score (nSPS) is 10.9. The van der Waals surface area contributed by atoms with Crippen LogP contribution in [0.15, 0.2) is 16.6 Å². The standard InChI is InChI=1S/C16H24BrN5O2/c1-5-7-22-16(19-20-21-22)18-10-12-8-13(17)15(24-11(3)4)14(9-12)23-6-2/h8-9,11H,5-7,10H2,1-4H3,(H,18,19,21). The molecule has 132 valence electrons. The molecule has 8 heteroatoms. The van der Waals surface area contributed by atoms with E-state index in [1.807, 2.05) is 32.9 Å². The number of rotatable bonds is 9. The Morgan fingerprint density at radius 2 is 2.08 bits per heavy atom. The topological polar surface area (TPSA) is 74.1 Å². The number of aromatic nitrogens is 4. The number of benzene rings is 1. The number of halogens is 1. The van der Waals surface area contributed by atoms with Crippen LogP contribution in [-0.2, 0) is 13.1 Å². The van der Waals surface area contributed by atoms with Gasteiger partial charge < -0.3 is 14.8 Å². The first-order valence-corrected chi connectivity index (χ1v) is 8.96. The predicted octanol–water partition coefficient (Wildman–Crippen LogP) is 3.64. The van der Waals surface area contributed by atoms with E-state index < -0.39 is 0 Å². The summed E-state index contributed by atoms with van der Waals surface area (Å²) in [4.78, 5) is 0. The minimum atomic E-state index is 0.0724. The molecule has 24 heavy (non-hydrogen) atoms. The van der Waals surface area contributed by atoms with Crippen LogP contribution in [0.2, 0.25) is 0 Å². The van der Waals surface area contributed by atoms with Crippen molar-refractivity contribution < 1.29 is 9.47 Å². The number of anilines is 1. The van der Waals surface area contributed by atoms with Crippen molar-refractivity contribution >= 4 is 21.9 Å². The lowest BCUT2D eigenvalue weighted by molar-refractivity contribution is 0.222. The lowest BCUT2D eigenvalue weighted by Gasteiger charge is -2.17. The second kappa shape index (κ2) is 8.86. The van der Waals surface area contributed by atoms with Crippen molar-refractivity contribution in [2.24, 2.45) is 0 Å². The molecule has 0 saturated carbocycles. The molecule has 0 aliphatic rings. The van der Waals surface area contributed by atoms with Crippen molar-refractivity contribution in [3.8, 4) is 11.5 Å². The maximum Gasteiger partial charge on any atom is 0.243 e. The summed E-state index contributed by atoms with van der Waals surface area (Å²) in [5, 5.41) is 15.0. The van der Waals surface area contributed by atoms with Gasteiger partial charge in [-0.25, -0.2) is 4.68 Å². The average molecular weight is 398 g/mol. The van der Waals surface area contributed by atoms with E-state index in [9.17, 15) is 0 Å².